The van der Waals surface area contributed by atoms with E-state index in [0.717, 1.165) is 20.8 Å². The number of hydrogen-bond acceptors (Lipinski definition) is 7. The third kappa shape index (κ3) is 5.32. The van der Waals surface area contributed by atoms with Crippen LogP contribution in [-0.4, -0.2) is 37.3 Å². The van der Waals surface area contributed by atoms with Gasteiger partial charge in [0.25, 0.3) is 0 Å². The number of thioether (sulfide) groups is 1. The van der Waals surface area contributed by atoms with Gasteiger partial charge in [-0.15, -0.1) is 11.3 Å². The van der Waals surface area contributed by atoms with E-state index in [1.54, 1.807) is 40.8 Å². The van der Waals surface area contributed by atoms with Crippen LogP contribution in [0.3, 0.4) is 0 Å². The van der Waals surface area contributed by atoms with Crippen molar-refractivity contribution in [3.05, 3.63) is 65.1 Å². The maximum Gasteiger partial charge on any atom is 0.246 e. The molecule has 0 unspecified atom stereocenters. The van der Waals surface area contributed by atoms with Crippen LogP contribution in [0.25, 0.3) is 10.2 Å². The van der Waals surface area contributed by atoms with Gasteiger partial charge >= 0.3 is 0 Å². The van der Waals surface area contributed by atoms with E-state index in [-0.39, 0.29) is 24.1 Å². The van der Waals surface area contributed by atoms with Gasteiger partial charge in [0.15, 0.2) is 0 Å². The van der Waals surface area contributed by atoms with Crippen molar-refractivity contribution in [3.63, 3.8) is 0 Å². The van der Waals surface area contributed by atoms with Gasteiger partial charge < -0.3 is 10.6 Å². The van der Waals surface area contributed by atoms with Crippen LogP contribution in [0.1, 0.15) is 16.0 Å². The number of thiophene rings is 1. The molecule has 8 nitrogen and oxygen atoms in total. The van der Waals surface area contributed by atoms with Crippen LogP contribution in [0, 0.1) is 13.8 Å². The zero-order valence-corrected chi connectivity index (χ0v) is 19.3. The number of benzene rings is 1. The largest absolute Gasteiger partial charge is 0.351 e. The number of hydrogen-bond donors (Lipinski definition) is 2. The Morgan fingerprint density at radius 3 is 2.84 bits per heavy atom. The van der Waals surface area contributed by atoms with Crippen LogP contribution in [0.4, 0.5) is 5.69 Å². The van der Waals surface area contributed by atoms with E-state index in [0.29, 0.717) is 12.2 Å². The van der Waals surface area contributed by atoms with Crippen molar-refractivity contribution >= 4 is 50.8 Å². The van der Waals surface area contributed by atoms with Crippen LogP contribution in [0.15, 0.2) is 54.1 Å². The van der Waals surface area contributed by atoms with Crippen LogP contribution < -0.4 is 10.6 Å². The van der Waals surface area contributed by atoms with Crippen molar-refractivity contribution in [1.82, 2.24) is 25.1 Å². The molecule has 0 bridgehead atoms. The second-order valence-corrected chi connectivity index (χ2v) is 9.33. The van der Waals surface area contributed by atoms with E-state index < -0.39 is 0 Å². The predicted molar refractivity (Wildman–Crippen MR) is 127 cm³/mol. The quantitative estimate of drug-likeness (QED) is 0.304. The van der Waals surface area contributed by atoms with Gasteiger partial charge in [-0.3, -0.25) is 14.3 Å². The fraction of sp³-hybridized carbons (Fsp3) is 0.227. The lowest BCUT2D eigenvalue weighted by Gasteiger charge is -2.09. The molecule has 4 aromatic rings. The number of aromatic nitrogens is 4. The molecule has 3 heterocycles. The molecule has 0 spiro atoms. The summed E-state index contributed by atoms with van der Waals surface area (Å²) in [4.78, 5) is 35.4. The van der Waals surface area contributed by atoms with E-state index in [9.17, 15) is 9.59 Å². The number of aryl methyl sites for hydroxylation is 2. The molecule has 10 heteroatoms. The molecule has 32 heavy (non-hydrogen) atoms. The van der Waals surface area contributed by atoms with E-state index in [2.05, 4.69) is 39.5 Å². The van der Waals surface area contributed by atoms with Crippen LogP contribution in [-0.2, 0) is 22.7 Å². The first-order chi connectivity index (χ1) is 15.5. The zero-order valence-electron chi connectivity index (χ0n) is 17.7. The van der Waals surface area contributed by atoms with Gasteiger partial charge in [0.1, 0.15) is 22.7 Å². The molecule has 0 fully saturated rings. The van der Waals surface area contributed by atoms with Crippen molar-refractivity contribution in [2.75, 3.05) is 11.1 Å². The van der Waals surface area contributed by atoms with E-state index in [1.807, 2.05) is 24.3 Å². The Labute approximate surface area is 193 Å². The fourth-order valence-electron chi connectivity index (χ4n) is 3.15. The van der Waals surface area contributed by atoms with Crippen molar-refractivity contribution < 1.29 is 9.59 Å². The second kappa shape index (κ2) is 9.92. The monoisotopic (exact) mass is 466 g/mol. The van der Waals surface area contributed by atoms with Gasteiger partial charge in [-0.1, -0.05) is 23.9 Å². The molecule has 0 saturated carbocycles. The summed E-state index contributed by atoms with van der Waals surface area (Å²) in [5.74, 6) is 0.0155. The Morgan fingerprint density at radius 2 is 2.03 bits per heavy atom. The average Bonchev–Trinajstić information content (AvgIpc) is 3.39. The lowest BCUT2D eigenvalue weighted by atomic mass is 10.2. The number of nitrogens with one attached hydrogen (secondary N) is 2. The van der Waals surface area contributed by atoms with Crippen molar-refractivity contribution in [2.45, 2.75) is 32.0 Å². The van der Waals surface area contributed by atoms with Gasteiger partial charge in [0.05, 0.1) is 5.75 Å². The fourth-order valence-corrected chi connectivity index (χ4v) is 5.09. The summed E-state index contributed by atoms with van der Waals surface area (Å²) >= 11 is 3.05. The Kier molecular flexibility index (Phi) is 6.81. The standard InChI is InChI=1S/C22H22N6O2S2/c1-14-15(2)32-22-20(14)21(24-13-25-22)31-12-19(30)23-10-16-5-3-6-17(9-16)27-18(29)11-28-8-4-7-26-28/h3-9,13H,10-12H2,1-2H3,(H,23,30)(H,27,29). The third-order valence-corrected chi connectivity index (χ3v) is 6.94. The maximum atomic E-state index is 12.4. The molecular formula is C22H22N6O2S2. The normalized spacial score (nSPS) is 10.9. The molecular weight excluding hydrogens is 444 g/mol. The lowest BCUT2D eigenvalue weighted by Crippen LogP contribution is -2.24. The van der Waals surface area contributed by atoms with Crippen molar-refractivity contribution in [1.29, 1.82) is 0 Å². The van der Waals surface area contributed by atoms with Crippen LogP contribution >= 0.6 is 23.1 Å². The summed E-state index contributed by atoms with van der Waals surface area (Å²) in [6.07, 6.45) is 4.91. The topological polar surface area (TPSA) is 102 Å². The molecule has 0 saturated heterocycles. The molecule has 0 radical (unpaired) electrons. The summed E-state index contributed by atoms with van der Waals surface area (Å²) < 4.78 is 1.56. The van der Waals surface area contributed by atoms with Crippen molar-refractivity contribution in [2.24, 2.45) is 0 Å². The highest BCUT2D eigenvalue weighted by Gasteiger charge is 2.13. The number of carbonyl (C=O) groups is 2. The minimum absolute atomic E-state index is 0.0838. The Bertz CT molecular complexity index is 1250. The highest BCUT2D eigenvalue weighted by molar-refractivity contribution is 8.00. The molecule has 0 aliphatic rings. The minimum atomic E-state index is -0.165. The molecule has 0 aliphatic carbocycles. The molecule has 3 aromatic heterocycles. The highest BCUT2D eigenvalue weighted by Crippen LogP contribution is 2.34. The number of carbonyl (C=O) groups excluding carboxylic acids is 2. The lowest BCUT2D eigenvalue weighted by molar-refractivity contribution is -0.119. The number of anilines is 1. The summed E-state index contributed by atoms with van der Waals surface area (Å²) in [7, 11) is 0. The first-order valence-electron chi connectivity index (χ1n) is 9.96. The van der Waals surface area contributed by atoms with Gasteiger partial charge in [-0.05, 0) is 43.2 Å². The molecule has 164 valence electrons. The number of fused-ring (bicyclic) bond motifs is 1. The smallest absolute Gasteiger partial charge is 0.246 e. The Balaban J connectivity index is 1.30. The summed E-state index contributed by atoms with van der Waals surface area (Å²) in [5, 5.41) is 11.7. The summed E-state index contributed by atoms with van der Waals surface area (Å²) in [6, 6.07) is 9.18. The molecule has 0 aliphatic heterocycles. The summed E-state index contributed by atoms with van der Waals surface area (Å²) in [5.41, 5.74) is 2.74. The SMILES string of the molecule is Cc1sc2ncnc(SCC(=O)NCc3cccc(NC(=O)Cn4cccn4)c3)c2c1C. The number of amides is 2. The zero-order chi connectivity index (χ0) is 22.5. The molecule has 1 aromatic carbocycles. The first kappa shape index (κ1) is 22.0. The first-order valence-corrected chi connectivity index (χ1v) is 11.8. The van der Waals surface area contributed by atoms with E-state index in [4.69, 9.17) is 0 Å². The van der Waals surface area contributed by atoms with Crippen LogP contribution in [0.5, 0.6) is 0 Å². The minimum Gasteiger partial charge on any atom is -0.351 e. The van der Waals surface area contributed by atoms with Gasteiger partial charge in [-0.25, -0.2) is 9.97 Å². The van der Waals surface area contributed by atoms with Crippen LogP contribution in [0.2, 0.25) is 0 Å². The Morgan fingerprint density at radius 1 is 1.16 bits per heavy atom. The maximum absolute atomic E-state index is 12.4. The van der Waals surface area contributed by atoms with E-state index >= 15 is 0 Å². The second-order valence-electron chi connectivity index (χ2n) is 7.16. The van der Waals surface area contributed by atoms with Gasteiger partial charge in [0.2, 0.25) is 11.8 Å². The number of nitrogens with zero attached hydrogens (tertiary/aromatic N) is 4. The third-order valence-electron chi connectivity index (χ3n) is 4.84. The Hall–Kier alpha value is -3.24. The number of rotatable bonds is 8. The highest BCUT2D eigenvalue weighted by atomic mass is 32.2. The average molecular weight is 467 g/mol. The molecule has 2 N–H and O–H groups in total. The van der Waals surface area contributed by atoms with E-state index in [1.165, 1.54) is 22.2 Å². The van der Waals surface area contributed by atoms with Gasteiger partial charge in [-0.2, -0.15) is 5.10 Å². The van der Waals surface area contributed by atoms with Crippen molar-refractivity contribution in [3.8, 4) is 0 Å². The molecule has 0 atom stereocenters. The molecule has 2 amide bonds. The summed E-state index contributed by atoms with van der Waals surface area (Å²) in [6.45, 7) is 4.64. The molecule has 4 rings (SSSR count). The van der Waals surface area contributed by atoms with Gasteiger partial charge in [0, 0.05) is 34.9 Å². The predicted octanol–water partition coefficient (Wildman–Crippen LogP) is 3.55.